The Morgan fingerprint density at radius 3 is 2.12 bits per heavy atom. The van der Waals surface area contributed by atoms with Crippen LogP contribution in [0.2, 0.25) is 0 Å². The van der Waals surface area contributed by atoms with Crippen molar-refractivity contribution in [3.8, 4) is 0 Å². The third-order valence-electron chi connectivity index (χ3n) is 8.15. The molecule has 2 aromatic carbocycles. The number of alkyl halides is 3. The maximum Gasteiger partial charge on any atom is 0.437 e. The van der Waals surface area contributed by atoms with Gasteiger partial charge in [-0.05, 0) is 54.9 Å². The first-order chi connectivity index (χ1) is 20.3. The molecule has 0 saturated carbocycles. The fourth-order valence-corrected chi connectivity index (χ4v) is 5.94. The van der Waals surface area contributed by atoms with Gasteiger partial charge in [0.15, 0.2) is 5.69 Å². The van der Waals surface area contributed by atoms with E-state index in [-0.39, 0.29) is 17.6 Å². The molecule has 0 bridgehead atoms. The number of pyridine rings is 1. The van der Waals surface area contributed by atoms with Crippen LogP contribution in [0.1, 0.15) is 64.9 Å². The van der Waals surface area contributed by atoms with Gasteiger partial charge in [0.05, 0.1) is 11.9 Å². The minimum absolute atomic E-state index is 0.132. The van der Waals surface area contributed by atoms with Crippen molar-refractivity contribution in [1.29, 1.82) is 0 Å². The molecule has 2 aromatic heterocycles. The Bertz CT molecular complexity index is 1480. The summed E-state index contributed by atoms with van der Waals surface area (Å²) in [5.74, 6) is -0.477. The Morgan fingerprint density at radius 1 is 0.833 bits per heavy atom. The van der Waals surface area contributed by atoms with Crippen LogP contribution in [0.3, 0.4) is 0 Å². The molecule has 218 valence electrons. The summed E-state index contributed by atoms with van der Waals surface area (Å²) in [4.78, 5) is 25.1. The van der Waals surface area contributed by atoms with Crippen LogP contribution in [0.15, 0.2) is 83.4 Å². The third-order valence-corrected chi connectivity index (χ3v) is 8.15. The van der Waals surface area contributed by atoms with Crippen molar-refractivity contribution in [1.82, 2.24) is 9.97 Å². The summed E-state index contributed by atoms with van der Waals surface area (Å²) in [6, 6.07) is 23.5. The van der Waals surface area contributed by atoms with Crippen molar-refractivity contribution in [2.45, 2.75) is 43.7 Å². The zero-order valence-corrected chi connectivity index (χ0v) is 23.1. The first-order valence-electron chi connectivity index (χ1n) is 14.3. The van der Waals surface area contributed by atoms with Gasteiger partial charge in [0.25, 0.3) is 11.9 Å². The van der Waals surface area contributed by atoms with E-state index in [1.54, 1.807) is 17.0 Å². The molecule has 1 atom stereocenters. The maximum absolute atomic E-state index is 13.9. The number of halogens is 3. The zero-order valence-electron chi connectivity index (χ0n) is 23.1. The van der Waals surface area contributed by atoms with Gasteiger partial charge in [-0.3, -0.25) is 4.79 Å². The van der Waals surface area contributed by atoms with Crippen molar-refractivity contribution in [3.63, 3.8) is 0 Å². The molecule has 4 aromatic rings. The quantitative estimate of drug-likeness (QED) is 0.264. The molecule has 7 nitrogen and oxygen atoms in total. The molecule has 0 radical (unpaired) electrons. The van der Waals surface area contributed by atoms with Crippen molar-refractivity contribution >= 4 is 23.4 Å². The topological polar surface area (TPSA) is 74.5 Å². The zero-order chi connectivity index (χ0) is 29.1. The third kappa shape index (κ3) is 6.12. The monoisotopic (exact) mass is 575 g/mol. The highest BCUT2D eigenvalue weighted by atomic mass is 19.4. The van der Waals surface area contributed by atoms with Gasteiger partial charge in [0.2, 0.25) is 5.76 Å². The number of aromatic nitrogens is 2. The standard InChI is InChI=1S/C32H32F3N5O2/c33-32(34,35)29-28(42-31(38-29)40-17-7-12-25(21-40)23-10-5-2-6-11-23)30(41)37-26-13-14-27(36-20-26)39-18-15-24(16-19-39)22-8-3-1-4-9-22/h1-6,8-11,13-14,20,24-25H,7,12,15-19,21H2,(H,37,41). The van der Waals surface area contributed by atoms with E-state index in [1.807, 2.05) is 36.4 Å². The van der Waals surface area contributed by atoms with Gasteiger partial charge in [-0.2, -0.15) is 18.2 Å². The average molecular weight is 576 g/mol. The molecule has 2 fully saturated rings. The molecule has 2 aliphatic heterocycles. The fraction of sp³-hybridized carbons (Fsp3) is 0.344. The van der Waals surface area contributed by atoms with E-state index in [1.165, 1.54) is 11.8 Å². The van der Waals surface area contributed by atoms with E-state index in [9.17, 15) is 18.0 Å². The highest BCUT2D eigenvalue weighted by Crippen LogP contribution is 2.37. The van der Waals surface area contributed by atoms with E-state index in [2.05, 4.69) is 44.5 Å². The smallest absolute Gasteiger partial charge is 0.417 e. The number of benzene rings is 2. The summed E-state index contributed by atoms with van der Waals surface area (Å²) < 4.78 is 47.3. The Hall–Kier alpha value is -4.34. The number of hydrogen-bond acceptors (Lipinski definition) is 6. The number of rotatable bonds is 6. The van der Waals surface area contributed by atoms with Gasteiger partial charge >= 0.3 is 6.18 Å². The second-order valence-electron chi connectivity index (χ2n) is 10.9. The number of piperidine rings is 2. The molecule has 1 N–H and O–H groups in total. The Morgan fingerprint density at radius 2 is 1.50 bits per heavy atom. The number of carbonyl (C=O) groups excluding carboxylic acids is 1. The van der Waals surface area contributed by atoms with Crippen molar-refractivity contribution in [2.24, 2.45) is 0 Å². The molecule has 6 rings (SSSR count). The van der Waals surface area contributed by atoms with Crippen LogP contribution in [-0.2, 0) is 6.18 Å². The largest absolute Gasteiger partial charge is 0.437 e. The van der Waals surface area contributed by atoms with Crippen LogP contribution in [0, 0.1) is 0 Å². The Labute approximate surface area is 242 Å². The number of amides is 1. The molecular weight excluding hydrogens is 543 g/mol. The SMILES string of the molecule is O=C(Nc1ccc(N2CCC(c3ccccc3)CC2)nc1)c1oc(N2CCCC(c3ccccc3)C2)nc1C(F)(F)F. The summed E-state index contributed by atoms with van der Waals surface area (Å²) in [5.41, 5.74) is 1.39. The summed E-state index contributed by atoms with van der Waals surface area (Å²) in [5, 5.41) is 2.51. The van der Waals surface area contributed by atoms with Gasteiger partial charge in [-0.25, -0.2) is 4.98 Å². The summed E-state index contributed by atoms with van der Waals surface area (Å²) in [7, 11) is 0. The molecule has 4 heterocycles. The summed E-state index contributed by atoms with van der Waals surface area (Å²) in [6.07, 6.45) is 0.289. The van der Waals surface area contributed by atoms with Crippen molar-refractivity contribution in [2.75, 3.05) is 41.3 Å². The average Bonchev–Trinajstić information content (AvgIpc) is 3.50. The number of hydrogen-bond donors (Lipinski definition) is 1. The minimum Gasteiger partial charge on any atom is -0.417 e. The lowest BCUT2D eigenvalue weighted by molar-refractivity contribution is -0.141. The lowest BCUT2D eigenvalue weighted by Crippen LogP contribution is -2.34. The van der Waals surface area contributed by atoms with E-state index in [0.29, 0.717) is 19.0 Å². The van der Waals surface area contributed by atoms with Crippen LogP contribution < -0.4 is 15.1 Å². The molecule has 2 aliphatic rings. The second-order valence-corrected chi connectivity index (χ2v) is 10.9. The molecular formula is C32H32F3N5O2. The van der Waals surface area contributed by atoms with Crippen LogP contribution in [0.4, 0.5) is 30.7 Å². The lowest BCUT2D eigenvalue weighted by Gasteiger charge is -2.33. The maximum atomic E-state index is 13.9. The molecule has 1 unspecified atom stereocenters. The Kier molecular flexibility index (Phi) is 7.86. The second kappa shape index (κ2) is 11.9. The Balaban J connectivity index is 1.12. The first-order valence-corrected chi connectivity index (χ1v) is 14.3. The highest BCUT2D eigenvalue weighted by molar-refractivity contribution is 6.03. The summed E-state index contributed by atoms with van der Waals surface area (Å²) in [6.45, 7) is 2.64. The fourth-order valence-electron chi connectivity index (χ4n) is 5.94. The van der Waals surface area contributed by atoms with Crippen LogP contribution in [0.25, 0.3) is 0 Å². The predicted octanol–water partition coefficient (Wildman–Crippen LogP) is 7.11. The van der Waals surface area contributed by atoms with Gasteiger partial charge in [-0.1, -0.05) is 60.7 Å². The highest BCUT2D eigenvalue weighted by Gasteiger charge is 2.42. The van der Waals surface area contributed by atoms with Gasteiger partial charge in [-0.15, -0.1) is 0 Å². The van der Waals surface area contributed by atoms with Crippen molar-refractivity contribution < 1.29 is 22.4 Å². The van der Waals surface area contributed by atoms with Crippen LogP contribution in [-0.4, -0.2) is 42.1 Å². The van der Waals surface area contributed by atoms with Crippen molar-refractivity contribution in [3.05, 3.63) is 102 Å². The van der Waals surface area contributed by atoms with E-state index >= 15 is 0 Å². The lowest BCUT2D eigenvalue weighted by atomic mass is 9.89. The first kappa shape index (κ1) is 27.8. The number of oxazole rings is 1. The van der Waals surface area contributed by atoms with Gasteiger partial charge in [0.1, 0.15) is 5.82 Å². The van der Waals surface area contributed by atoms with E-state index < -0.39 is 23.5 Å². The number of nitrogens with zero attached hydrogens (tertiary/aromatic N) is 4. The van der Waals surface area contributed by atoms with Crippen LogP contribution in [0.5, 0.6) is 0 Å². The van der Waals surface area contributed by atoms with Crippen LogP contribution >= 0.6 is 0 Å². The molecule has 0 aliphatic carbocycles. The summed E-state index contributed by atoms with van der Waals surface area (Å²) >= 11 is 0. The van der Waals surface area contributed by atoms with Gasteiger partial charge in [0, 0.05) is 32.1 Å². The van der Waals surface area contributed by atoms with Gasteiger partial charge < -0.3 is 19.5 Å². The molecule has 1 amide bonds. The number of carbonyl (C=O) groups is 1. The number of anilines is 3. The molecule has 42 heavy (non-hydrogen) atoms. The van der Waals surface area contributed by atoms with E-state index in [4.69, 9.17) is 4.42 Å². The minimum atomic E-state index is -4.85. The predicted molar refractivity (Wildman–Crippen MR) is 155 cm³/mol. The molecule has 2 saturated heterocycles. The normalized spacial score (nSPS) is 18.2. The van der Waals surface area contributed by atoms with E-state index in [0.717, 1.165) is 50.2 Å². The molecule has 10 heteroatoms. The molecule has 0 spiro atoms. The number of nitrogens with one attached hydrogen (secondary N) is 1.